The Morgan fingerprint density at radius 1 is 1.05 bits per heavy atom. The molecule has 0 bridgehead atoms. The zero-order valence-corrected chi connectivity index (χ0v) is 10.7. The number of carbonyl (C=O) groups is 1. The molecule has 0 fully saturated rings. The summed E-state index contributed by atoms with van der Waals surface area (Å²) < 4.78 is 10.5. The van der Waals surface area contributed by atoms with Crippen LogP contribution in [-0.2, 0) is 4.79 Å². The molecule has 4 heteroatoms. The highest BCUT2D eigenvalue weighted by Crippen LogP contribution is 2.32. The van der Waals surface area contributed by atoms with Gasteiger partial charge < -0.3 is 14.8 Å². The highest BCUT2D eigenvalue weighted by molar-refractivity contribution is 6.01. The first-order valence-electron chi connectivity index (χ1n) is 6.25. The summed E-state index contributed by atoms with van der Waals surface area (Å²) in [5.74, 6) is 1.26. The topological polar surface area (TPSA) is 47.6 Å². The van der Waals surface area contributed by atoms with E-state index in [2.05, 4.69) is 5.32 Å². The number of rotatable bonds is 3. The molecule has 1 amide bonds. The summed E-state index contributed by atoms with van der Waals surface area (Å²) in [6.45, 7) is 0.247. The van der Waals surface area contributed by atoms with E-state index in [1.54, 1.807) is 6.08 Å². The lowest BCUT2D eigenvalue weighted by atomic mass is 10.2. The Morgan fingerprint density at radius 2 is 1.85 bits per heavy atom. The molecule has 0 aliphatic carbocycles. The smallest absolute Gasteiger partial charge is 0.248 e. The summed E-state index contributed by atoms with van der Waals surface area (Å²) in [5.41, 5.74) is 1.66. The van der Waals surface area contributed by atoms with Crippen LogP contribution in [0.15, 0.2) is 54.6 Å². The van der Waals surface area contributed by atoms with Gasteiger partial charge in [-0.2, -0.15) is 0 Å². The van der Waals surface area contributed by atoms with E-state index in [0.717, 1.165) is 17.0 Å². The van der Waals surface area contributed by atoms with E-state index in [1.807, 2.05) is 48.5 Å². The van der Waals surface area contributed by atoms with Crippen molar-refractivity contribution in [3.63, 3.8) is 0 Å². The van der Waals surface area contributed by atoms with Gasteiger partial charge in [-0.1, -0.05) is 24.3 Å². The molecule has 1 heterocycles. The molecule has 4 nitrogen and oxygen atoms in total. The minimum atomic E-state index is -0.172. The summed E-state index contributed by atoms with van der Waals surface area (Å²) in [6, 6.07) is 14.9. The van der Waals surface area contributed by atoms with E-state index in [4.69, 9.17) is 9.47 Å². The van der Waals surface area contributed by atoms with Crippen molar-refractivity contribution >= 4 is 17.7 Å². The predicted molar refractivity (Wildman–Crippen MR) is 76.7 cm³/mol. The van der Waals surface area contributed by atoms with E-state index in [1.165, 1.54) is 6.08 Å². The standard InChI is InChI=1S/C16H13NO3/c18-16(17-13-4-2-1-3-5-13)9-7-12-6-8-14-15(10-12)20-11-19-14/h1-10H,11H2,(H,17,18)/b9-7+. The lowest BCUT2D eigenvalue weighted by molar-refractivity contribution is -0.111. The fourth-order valence-corrected chi connectivity index (χ4v) is 1.89. The maximum Gasteiger partial charge on any atom is 0.248 e. The zero-order valence-electron chi connectivity index (χ0n) is 10.7. The first-order chi connectivity index (χ1) is 9.81. The van der Waals surface area contributed by atoms with Crippen molar-refractivity contribution in [1.82, 2.24) is 0 Å². The van der Waals surface area contributed by atoms with Gasteiger partial charge >= 0.3 is 0 Å². The lowest BCUT2D eigenvalue weighted by Gasteiger charge is -2.01. The van der Waals surface area contributed by atoms with Crippen LogP contribution in [0.4, 0.5) is 5.69 Å². The summed E-state index contributed by atoms with van der Waals surface area (Å²) in [4.78, 5) is 11.8. The van der Waals surface area contributed by atoms with Crippen LogP contribution in [-0.4, -0.2) is 12.7 Å². The third-order valence-electron chi connectivity index (χ3n) is 2.87. The molecule has 20 heavy (non-hydrogen) atoms. The number of nitrogens with one attached hydrogen (secondary N) is 1. The molecule has 0 saturated carbocycles. The van der Waals surface area contributed by atoms with Gasteiger partial charge in [0.1, 0.15) is 0 Å². The summed E-state index contributed by atoms with van der Waals surface area (Å²) in [7, 11) is 0. The minimum Gasteiger partial charge on any atom is -0.454 e. The fraction of sp³-hybridized carbons (Fsp3) is 0.0625. The number of hydrogen-bond acceptors (Lipinski definition) is 3. The minimum absolute atomic E-state index is 0.172. The third-order valence-corrected chi connectivity index (χ3v) is 2.87. The molecule has 0 saturated heterocycles. The first kappa shape index (κ1) is 12.3. The Hall–Kier alpha value is -2.75. The van der Waals surface area contributed by atoms with E-state index in [9.17, 15) is 4.79 Å². The second-order valence-corrected chi connectivity index (χ2v) is 4.30. The van der Waals surface area contributed by atoms with Crippen molar-refractivity contribution in [2.24, 2.45) is 0 Å². The van der Waals surface area contributed by atoms with Crippen molar-refractivity contribution in [3.05, 3.63) is 60.2 Å². The molecule has 2 aromatic carbocycles. The largest absolute Gasteiger partial charge is 0.454 e. The maximum absolute atomic E-state index is 11.8. The predicted octanol–water partition coefficient (Wildman–Crippen LogP) is 3.07. The highest BCUT2D eigenvalue weighted by atomic mass is 16.7. The summed E-state index contributed by atoms with van der Waals surface area (Å²) >= 11 is 0. The number of benzene rings is 2. The highest BCUT2D eigenvalue weighted by Gasteiger charge is 2.12. The molecule has 1 aliphatic rings. The van der Waals surface area contributed by atoms with Crippen LogP contribution in [0.25, 0.3) is 6.08 Å². The number of anilines is 1. The van der Waals surface area contributed by atoms with Crippen LogP contribution in [0.1, 0.15) is 5.56 Å². The monoisotopic (exact) mass is 267 g/mol. The number of para-hydroxylation sites is 1. The van der Waals surface area contributed by atoms with Gasteiger partial charge in [-0.05, 0) is 35.9 Å². The number of carbonyl (C=O) groups excluding carboxylic acids is 1. The van der Waals surface area contributed by atoms with Gasteiger partial charge in [0.05, 0.1) is 0 Å². The lowest BCUT2D eigenvalue weighted by Crippen LogP contribution is -2.07. The van der Waals surface area contributed by atoms with Crippen LogP contribution in [0.2, 0.25) is 0 Å². The summed E-state index contributed by atoms with van der Waals surface area (Å²) in [6.07, 6.45) is 3.23. The van der Waals surface area contributed by atoms with Crippen molar-refractivity contribution in [2.45, 2.75) is 0 Å². The van der Waals surface area contributed by atoms with Crippen molar-refractivity contribution in [1.29, 1.82) is 0 Å². The van der Waals surface area contributed by atoms with E-state index in [0.29, 0.717) is 5.75 Å². The Balaban J connectivity index is 1.66. The quantitative estimate of drug-likeness (QED) is 0.869. The Labute approximate surface area is 116 Å². The molecular weight excluding hydrogens is 254 g/mol. The number of ether oxygens (including phenoxy) is 2. The van der Waals surface area contributed by atoms with Gasteiger partial charge in [0.25, 0.3) is 0 Å². The van der Waals surface area contributed by atoms with Gasteiger partial charge in [0.2, 0.25) is 12.7 Å². The SMILES string of the molecule is O=C(/C=C/c1ccc2c(c1)OCO2)Nc1ccccc1. The van der Waals surface area contributed by atoms with Crippen LogP contribution in [0.3, 0.4) is 0 Å². The van der Waals surface area contributed by atoms with Crippen LogP contribution < -0.4 is 14.8 Å². The Bertz CT molecular complexity index is 650. The average molecular weight is 267 g/mol. The second-order valence-electron chi connectivity index (χ2n) is 4.30. The Kier molecular flexibility index (Phi) is 3.37. The molecule has 0 radical (unpaired) electrons. The van der Waals surface area contributed by atoms with E-state index < -0.39 is 0 Å². The van der Waals surface area contributed by atoms with Gasteiger partial charge in [-0.3, -0.25) is 4.79 Å². The van der Waals surface area contributed by atoms with Crippen molar-refractivity contribution in [2.75, 3.05) is 12.1 Å². The normalized spacial score (nSPS) is 12.6. The molecule has 100 valence electrons. The molecule has 0 atom stereocenters. The van der Waals surface area contributed by atoms with Gasteiger partial charge in [0.15, 0.2) is 11.5 Å². The molecule has 2 aromatic rings. The van der Waals surface area contributed by atoms with Crippen molar-refractivity contribution in [3.8, 4) is 11.5 Å². The second kappa shape index (κ2) is 5.48. The molecular formula is C16H13NO3. The van der Waals surface area contributed by atoms with Gasteiger partial charge in [-0.15, -0.1) is 0 Å². The van der Waals surface area contributed by atoms with Crippen LogP contribution >= 0.6 is 0 Å². The molecule has 1 N–H and O–H groups in total. The average Bonchev–Trinajstić information content (AvgIpc) is 2.93. The molecule has 0 spiro atoms. The van der Waals surface area contributed by atoms with E-state index >= 15 is 0 Å². The summed E-state index contributed by atoms with van der Waals surface area (Å²) in [5, 5.41) is 2.78. The number of amides is 1. The van der Waals surface area contributed by atoms with Crippen LogP contribution in [0.5, 0.6) is 11.5 Å². The Morgan fingerprint density at radius 3 is 2.70 bits per heavy atom. The fourth-order valence-electron chi connectivity index (χ4n) is 1.89. The van der Waals surface area contributed by atoms with Crippen LogP contribution in [0, 0.1) is 0 Å². The first-order valence-corrected chi connectivity index (χ1v) is 6.25. The number of fused-ring (bicyclic) bond motifs is 1. The van der Waals surface area contributed by atoms with Crippen molar-refractivity contribution < 1.29 is 14.3 Å². The van der Waals surface area contributed by atoms with E-state index in [-0.39, 0.29) is 12.7 Å². The van der Waals surface area contributed by atoms with Gasteiger partial charge in [0, 0.05) is 11.8 Å². The maximum atomic E-state index is 11.8. The zero-order chi connectivity index (χ0) is 13.8. The third kappa shape index (κ3) is 2.80. The molecule has 3 rings (SSSR count). The molecule has 1 aliphatic heterocycles. The number of hydrogen-bond donors (Lipinski definition) is 1. The molecule has 0 unspecified atom stereocenters. The van der Waals surface area contributed by atoms with Gasteiger partial charge in [-0.25, -0.2) is 0 Å². The molecule has 0 aromatic heterocycles.